The molecule has 0 amide bonds. The highest BCUT2D eigenvalue weighted by atomic mass is 35.5. The number of ketones is 1. The van der Waals surface area contributed by atoms with Gasteiger partial charge in [0.15, 0.2) is 11.5 Å². The van der Waals surface area contributed by atoms with E-state index in [1.807, 2.05) is 26.0 Å². The van der Waals surface area contributed by atoms with Crippen LogP contribution in [0.25, 0.3) is 11.1 Å². The van der Waals surface area contributed by atoms with Crippen LogP contribution in [-0.4, -0.2) is 10.8 Å². The largest absolute Gasteiger partial charge is 0.440 e. The maximum absolute atomic E-state index is 13.2. The summed E-state index contributed by atoms with van der Waals surface area (Å²) >= 11 is 6.33. The van der Waals surface area contributed by atoms with E-state index < -0.39 is 0 Å². The normalized spacial score (nSPS) is 11.4. The minimum Gasteiger partial charge on any atom is -0.440 e. The zero-order valence-electron chi connectivity index (χ0n) is 13.5. The average Bonchev–Trinajstić information content (AvgIpc) is 2.91. The lowest BCUT2D eigenvalue weighted by atomic mass is 9.99. The Bertz CT molecular complexity index is 902. The van der Waals surface area contributed by atoms with Gasteiger partial charge in [0, 0.05) is 23.4 Å². The van der Waals surface area contributed by atoms with Crippen LogP contribution >= 0.6 is 11.6 Å². The molecule has 24 heavy (non-hydrogen) atoms. The molecule has 0 saturated heterocycles. The first-order chi connectivity index (χ1) is 11.4. The van der Waals surface area contributed by atoms with E-state index in [9.17, 15) is 9.18 Å². The highest BCUT2D eigenvalue weighted by Crippen LogP contribution is 2.24. The standard InChI is InChI=1S/C19H17ClFNO2/c1-11(2)17(23)8-12-3-4-13(15(20)7-12)9-19-22-16-10-14(21)5-6-18(16)24-19/h3-7,10-11H,8-9H2,1-2H3. The summed E-state index contributed by atoms with van der Waals surface area (Å²) in [6.45, 7) is 3.77. The third-order valence-electron chi connectivity index (χ3n) is 3.88. The molecule has 1 aromatic heterocycles. The van der Waals surface area contributed by atoms with E-state index in [1.54, 1.807) is 12.1 Å². The van der Waals surface area contributed by atoms with Gasteiger partial charge >= 0.3 is 0 Å². The van der Waals surface area contributed by atoms with E-state index in [0.717, 1.165) is 11.1 Å². The van der Waals surface area contributed by atoms with Crippen molar-refractivity contribution in [3.63, 3.8) is 0 Å². The van der Waals surface area contributed by atoms with Gasteiger partial charge in [-0.15, -0.1) is 0 Å². The number of aromatic nitrogens is 1. The fourth-order valence-corrected chi connectivity index (χ4v) is 2.71. The first-order valence-corrected chi connectivity index (χ1v) is 8.15. The number of hydrogen-bond acceptors (Lipinski definition) is 3. The SMILES string of the molecule is CC(C)C(=O)Cc1ccc(Cc2nc3cc(F)ccc3o2)c(Cl)c1. The van der Waals surface area contributed by atoms with Crippen LogP contribution in [0, 0.1) is 11.7 Å². The number of benzene rings is 2. The zero-order valence-corrected chi connectivity index (χ0v) is 14.2. The first kappa shape index (κ1) is 16.7. The summed E-state index contributed by atoms with van der Waals surface area (Å²) < 4.78 is 18.8. The summed E-state index contributed by atoms with van der Waals surface area (Å²) in [6.07, 6.45) is 0.785. The number of carbonyl (C=O) groups is 1. The van der Waals surface area contributed by atoms with Crippen molar-refractivity contribution in [1.82, 2.24) is 4.98 Å². The topological polar surface area (TPSA) is 43.1 Å². The Labute approximate surface area is 144 Å². The van der Waals surface area contributed by atoms with E-state index in [1.165, 1.54) is 12.1 Å². The Balaban J connectivity index is 1.80. The molecule has 0 aliphatic heterocycles. The van der Waals surface area contributed by atoms with Crippen molar-refractivity contribution < 1.29 is 13.6 Å². The van der Waals surface area contributed by atoms with Crippen LogP contribution in [0.1, 0.15) is 30.9 Å². The summed E-state index contributed by atoms with van der Waals surface area (Å²) in [5.74, 6) is 0.312. The monoisotopic (exact) mass is 345 g/mol. The lowest BCUT2D eigenvalue weighted by Crippen LogP contribution is -2.10. The van der Waals surface area contributed by atoms with Gasteiger partial charge in [-0.25, -0.2) is 9.37 Å². The number of nitrogens with zero attached hydrogens (tertiary/aromatic N) is 1. The number of rotatable bonds is 5. The Morgan fingerprint density at radius 1 is 1.25 bits per heavy atom. The lowest BCUT2D eigenvalue weighted by Gasteiger charge is -2.07. The molecule has 0 aliphatic carbocycles. The second kappa shape index (κ2) is 6.73. The number of oxazole rings is 1. The van der Waals surface area contributed by atoms with E-state index >= 15 is 0 Å². The van der Waals surface area contributed by atoms with Gasteiger partial charge in [0.2, 0.25) is 0 Å². The van der Waals surface area contributed by atoms with Crippen molar-refractivity contribution in [3.8, 4) is 0 Å². The molecule has 0 aliphatic rings. The fourth-order valence-electron chi connectivity index (χ4n) is 2.44. The Morgan fingerprint density at radius 3 is 2.75 bits per heavy atom. The van der Waals surface area contributed by atoms with Gasteiger partial charge in [-0.2, -0.15) is 0 Å². The smallest absolute Gasteiger partial charge is 0.199 e. The molecule has 0 unspecified atom stereocenters. The molecular weight excluding hydrogens is 329 g/mol. The third kappa shape index (κ3) is 3.65. The molecule has 0 atom stereocenters. The van der Waals surface area contributed by atoms with Gasteiger partial charge in [-0.05, 0) is 29.3 Å². The molecule has 0 fully saturated rings. The second-order valence-corrected chi connectivity index (χ2v) is 6.53. The number of fused-ring (bicyclic) bond motifs is 1. The van der Waals surface area contributed by atoms with Crippen molar-refractivity contribution in [1.29, 1.82) is 0 Å². The van der Waals surface area contributed by atoms with Gasteiger partial charge in [-0.1, -0.05) is 37.6 Å². The molecule has 0 bridgehead atoms. The number of hydrogen-bond donors (Lipinski definition) is 0. The Morgan fingerprint density at radius 2 is 2.04 bits per heavy atom. The minimum atomic E-state index is -0.348. The van der Waals surface area contributed by atoms with Crippen LogP contribution in [0.2, 0.25) is 5.02 Å². The van der Waals surface area contributed by atoms with Gasteiger partial charge in [0.1, 0.15) is 17.1 Å². The van der Waals surface area contributed by atoms with Crippen molar-refractivity contribution in [2.24, 2.45) is 5.92 Å². The Hall–Kier alpha value is -2.20. The molecule has 3 aromatic rings. The maximum atomic E-state index is 13.2. The second-order valence-electron chi connectivity index (χ2n) is 6.12. The third-order valence-corrected chi connectivity index (χ3v) is 4.23. The maximum Gasteiger partial charge on any atom is 0.199 e. The van der Waals surface area contributed by atoms with E-state index in [4.69, 9.17) is 16.0 Å². The predicted molar refractivity (Wildman–Crippen MR) is 91.8 cm³/mol. The van der Waals surface area contributed by atoms with Gasteiger partial charge in [-0.3, -0.25) is 4.79 Å². The minimum absolute atomic E-state index is 0.00333. The number of carbonyl (C=O) groups excluding carboxylic acids is 1. The highest BCUT2D eigenvalue weighted by molar-refractivity contribution is 6.31. The van der Waals surface area contributed by atoms with E-state index in [0.29, 0.717) is 34.9 Å². The molecule has 0 saturated carbocycles. The van der Waals surface area contributed by atoms with Gasteiger partial charge in [0.05, 0.1) is 6.42 Å². The first-order valence-electron chi connectivity index (χ1n) is 7.77. The molecule has 0 N–H and O–H groups in total. The molecule has 3 nitrogen and oxygen atoms in total. The Kier molecular flexibility index (Phi) is 4.67. The van der Waals surface area contributed by atoms with Crippen LogP contribution in [0.3, 0.4) is 0 Å². The van der Waals surface area contributed by atoms with Crippen molar-refractivity contribution in [3.05, 3.63) is 64.3 Å². The van der Waals surface area contributed by atoms with Crippen LogP contribution in [-0.2, 0) is 17.6 Å². The summed E-state index contributed by atoms with van der Waals surface area (Å²) in [7, 11) is 0. The van der Waals surface area contributed by atoms with Crippen molar-refractivity contribution >= 4 is 28.5 Å². The highest BCUT2D eigenvalue weighted by Gasteiger charge is 2.12. The molecule has 2 aromatic carbocycles. The molecule has 0 spiro atoms. The summed E-state index contributed by atoms with van der Waals surface area (Å²) in [5.41, 5.74) is 2.77. The van der Waals surface area contributed by atoms with Gasteiger partial charge < -0.3 is 4.42 Å². The van der Waals surface area contributed by atoms with Crippen LogP contribution in [0.4, 0.5) is 4.39 Å². The molecule has 1 heterocycles. The molecular formula is C19H17ClFNO2. The molecule has 3 rings (SSSR count). The zero-order chi connectivity index (χ0) is 17.3. The molecule has 5 heteroatoms. The molecule has 124 valence electrons. The average molecular weight is 346 g/mol. The van der Waals surface area contributed by atoms with E-state index in [-0.39, 0.29) is 17.5 Å². The summed E-state index contributed by atoms with van der Waals surface area (Å²) in [5, 5.41) is 0.567. The van der Waals surface area contributed by atoms with Gasteiger partial charge in [0.25, 0.3) is 0 Å². The lowest BCUT2D eigenvalue weighted by molar-refractivity contribution is -0.121. The van der Waals surface area contributed by atoms with Crippen molar-refractivity contribution in [2.45, 2.75) is 26.7 Å². The number of halogens is 2. The number of Topliss-reactive ketones (excluding diaryl/α,β-unsaturated/α-hetero) is 1. The van der Waals surface area contributed by atoms with Crippen LogP contribution < -0.4 is 0 Å². The summed E-state index contributed by atoms with van der Waals surface area (Å²) in [6, 6.07) is 9.81. The van der Waals surface area contributed by atoms with Crippen LogP contribution in [0.5, 0.6) is 0 Å². The predicted octanol–water partition coefficient (Wildman–Crippen LogP) is 4.98. The fraction of sp³-hybridized carbons (Fsp3) is 0.263. The van der Waals surface area contributed by atoms with Crippen LogP contribution in [0.15, 0.2) is 40.8 Å². The summed E-state index contributed by atoms with van der Waals surface area (Å²) in [4.78, 5) is 16.1. The van der Waals surface area contributed by atoms with Crippen molar-refractivity contribution in [2.75, 3.05) is 0 Å². The van der Waals surface area contributed by atoms with E-state index in [2.05, 4.69) is 4.98 Å². The molecule has 0 radical (unpaired) electrons. The quantitative estimate of drug-likeness (QED) is 0.655.